The zero-order valence-electron chi connectivity index (χ0n) is 9.38. The van der Waals surface area contributed by atoms with Gasteiger partial charge in [-0.1, -0.05) is 17.7 Å². The van der Waals surface area contributed by atoms with E-state index in [2.05, 4.69) is 5.10 Å². The average molecular weight is 270 g/mol. The summed E-state index contributed by atoms with van der Waals surface area (Å²) in [5.41, 5.74) is 0.552. The topological polar surface area (TPSA) is 61.0 Å². The molecule has 0 aliphatic carbocycles. The highest BCUT2D eigenvalue weighted by Gasteiger charge is 2.16. The fraction of sp³-hybridized carbons (Fsp3) is 0.182. The van der Waals surface area contributed by atoms with Crippen molar-refractivity contribution >= 4 is 17.3 Å². The minimum Gasteiger partial charge on any atom is -0.258 e. The lowest BCUT2D eigenvalue weighted by molar-refractivity contribution is -0.385. The van der Waals surface area contributed by atoms with Gasteiger partial charge in [0.15, 0.2) is 0 Å². The van der Waals surface area contributed by atoms with Gasteiger partial charge in [-0.15, -0.1) is 0 Å². The number of rotatable bonds is 3. The molecule has 5 nitrogen and oxygen atoms in total. The summed E-state index contributed by atoms with van der Waals surface area (Å²) < 4.78 is 14.3. The number of hydrogen-bond donors (Lipinski definition) is 0. The van der Waals surface area contributed by atoms with Crippen LogP contribution in [0.4, 0.5) is 10.1 Å². The van der Waals surface area contributed by atoms with E-state index < -0.39 is 10.7 Å². The molecule has 1 aromatic heterocycles. The summed E-state index contributed by atoms with van der Waals surface area (Å²) >= 11 is 5.93. The van der Waals surface area contributed by atoms with Crippen molar-refractivity contribution in [3.05, 3.63) is 57.1 Å². The molecule has 1 heterocycles. The maximum Gasteiger partial charge on any atom is 0.307 e. The molecular formula is C11H9ClFN3O2. The Hall–Kier alpha value is -1.95. The number of nitro groups is 1. The molecule has 0 amide bonds. The predicted octanol–water partition coefficient (Wildman–Crippen LogP) is 3.19. The molecule has 0 fully saturated rings. The molecule has 0 radical (unpaired) electrons. The van der Waals surface area contributed by atoms with Gasteiger partial charge < -0.3 is 0 Å². The van der Waals surface area contributed by atoms with Gasteiger partial charge in [0.05, 0.1) is 11.0 Å². The minimum absolute atomic E-state index is 0.0971. The molecule has 2 aromatic rings. The first-order valence-electron chi connectivity index (χ1n) is 5.12. The van der Waals surface area contributed by atoms with Crippen LogP contribution >= 0.6 is 11.6 Å². The highest BCUT2D eigenvalue weighted by Crippen LogP contribution is 2.27. The lowest BCUT2D eigenvalue weighted by atomic mass is 10.1. The summed E-state index contributed by atoms with van der Waals surface area (Å²) in [4.78, 5) is 10.0. The molecule has 94 valence electrons. The van der Waals surface area contributed by atoms with E-state index in [1.165, 1.54) is 29.1 Å². The molecule has 1 atom stereocenters. The monoisotopic (exact) mass is 269 g/mol. The van der Waals surface area contributed by atoms with Crippen LogP contribution in [0, 0.1) is 15.9 Å². The largest absolute Gasteiger partial charge is 0.307 e. The normalized spacial score (nSPS) is 12.4. The lowest BCUT2D eigenvalue weighted by Gasteiger charge is -2.13. The Kier molecular flexibility index (Phi) is 3.29. The van der Waals surface area contributed by atoms with Gasteiger partial charge in [-0.25, -0.2) is 4.39 Å². The smallest absolute Gasteiger partial charge is 0.258 e. The Morgan fingerprint density at radius 1 is 1.56 bits per heavy atom. The number of halogens is 2. The molecule has 0 N–H and O–H groups in total. The Balaban J connectivity index is 2.35. The maximum absolute atomic E-state index is 12.9. The second-order valence-corrected chi connectivity index (χ2v) is 4.18. The van der Waals surface area contributed by atoms with Crippen molar-refractivity contribution in [1.29, 1.82) is 0 Å². The van der Waals surface area contributed by atoms with Gasteiger partial charge in [0.1, 0.15) is 18.2 Å². The summed E-state index contributed by atoms with van der Waals surface area (Å²) in [6.07, 6.45) is 2.47. The SMILES string of the molecule is CC(c1ccc(F)cc1Cl)n1cc([N+](=O)[O-])cn1. The lowest BCUT2D eigenvalue weighted by Crippen LogP contribution is -2.07. The van der Waals surface area contributed by atoms with Crippen LogP contribution in [0.3, 0.4) is 0 Å². The Bertz CT molecular complexity index is 600. The van der Waals surface area contributed by atoms with Crippen molar-refractivity contribution < 1.29 is 9.31 Å². The zero-order valence-corrected chi connectivity index (χ0v) is 10.1. The molecular weight excluding hydrogens is 261 g/mol. The third kappa shape index (κ3) is 2.33. The molecule has 0 bridgehead atoms. The molecule has 0 saturated heterocycles. The van der Waals surface area contributed by atoms with Crippen molar-refractivity contribution in [1.82, 2.24) is 9.78 Å². The van der Waals surface area contributed by atoms with Crippen molar-refractivity contribution in [3.63, 3.8) is 0 Å². The summed E-state index contributed by atoms with van der Waals surface area (Å²) in [5, 5.41) is 14.7. The van der Waals surface area contributed by atoms with E-state index in [-0.39, 0.29) is 16.8 Å². The molecule has 7 heteroatoms. The number of benzene rings is 1. The molecule has 0 saturated carbocycles. The first-order valence-corrected chi connectivity index (χ1v) is 5.50. The summed E-state index contributed by atoms with van der Waals surface area (Å²) in [7, 11) is 0. The number of hydrogen-bond acceptors (Lipinski definition) is 3. The third-order valence-electron chi connectivity index (χ3n) is 2.61. The number of aromatic nitrogens is 2. The van der Waals surface area contributed by atoms with E-state index in [4.69, 9.17) is 11.6 Å². The van der Waals surface area contributed by atoms with E-state index in [1.807, 2.05) is 0 Å². The molecule has 0 aliphatic heterocycles. The standard InChI is InChI=1S/C11H9ClFN3O2/c1-7(10-3-2-8(13)4-11(10)12)15-6-9(5-14-15)16(17)18/h2-7H,1H3. The Morgan fingerprint density at radius 3 is 2.83 bits per heavy atom. The van der Waals surface area contributed by atoms with Gasteiger partial charge in [0.25, 0.3) is 0 Å². The van der Waals surface area contributed by atoms with Crippen LogP contribution in [0.15, 0.2) is 30.6 Å². The summed E-state index contributed by atoms with van der Waals surface area (Å²) in [5.74, 6) is -0.428. The third-order valence-corrected chi connectivity index (χ3v) is 2.94. The van der Waals surface area contributed by atoms with Crippen LogP contribution in [-0.2, 0) is 0 Å². The minimum atomic E-state index is -0.525. The van der Waals surface area contributed by atoms with Gasteiger partial charge in [-0.2, -0.15) is 5.10 Å². The molecule has 1 aromatic carbocycles. The van der Waals surface area contributed by atoms with Crippen LogP contribution in [0.2, 0.25) is 5.02 Å². The van der Waals surface area contributed by atoms with E-state index >= 15 is 0 Å². The Morgan fingerprint density at radius 2 is 2.28 bits per heavy atom. The van der Waals surface area contributed by atoms with Crippen molar-refractivity contribution in [3.8, 4) is 0 Å². The van der Waals surface area contributed by atoms with Gasteiger partial charge >= 0.3 is 5.69 Å². The van der Waals surface area contributed by atoms with E-state index in [9.17, 15) is 14.5 Å². The zero-order chi connectivity index (χ0) is 13.3. The van der Waals surface area contributed by atoms with E-state index in [0.717, 1.165) is 6.20 Å². The summed E-state index contributed by atoms with van der Waals surface area (Å²) in [6, 6.07) is 3.71. The van der Waals surface area contributed by atoms with Gasteiger partial charge in [-0.3, -0.25) is 14.8 Å². The summed E-state index contributed by atoms with van der Waals surface area (Å²) in [6.45, 7) is 1.77. The first-order chi connectivity index (χ1) is 8.49. The van der Waals surface area contributed by atoms with Crippen LogP contribution < -0.4 is 0 Å². The molecule has 0 aliphatic rings. The quantitative estimate of drug-likeness (QED) is 0.635. The Labute approximate surface area is 107 Å². The predicted molar refractivity (Wildman–Crippen MR) is 64.1 cm³/mol. The van der Waals surface area contributed by atoms with Crippen LogP contribution in [0.25, 0.3) is 0 Å². The van der Waals surface area contributed by atoms with E-state index in [1.54, 1.807) is 6.92 Å². The molecule has 1 unspecified atom stereocenters. The van der Waals surface area contributed by atoms with Crippen LogP contribution in [0.5, 0.6) is 0 Å². The van der Waals surface area contributed by atoms with Gasteiger partial charge in [0.2, 0.25) is 0 Å². The fourth-order valence-electron chi connectivity index (χ4n) is 1.62. The fourth-order valence-corrected chi connectivity index (χ4v) is 1.94. The highest BCUT2D eigenvalue weighted by molar-refractivity contribution is 6.31. The highest BCUT2D eigenvalue weighted by atomic mass is 35.5. The molecule has 18 heavy (non-hydrogen) atoms. The molecule has 2 rings (SSSR count). The van der Waals surface area contributed by atoms with Crippen LogP contribution in [-0.4, -0.2) is 14.7 Å². The van der Waals surface area contributed by atoms with Gasteiger partial charge in [-0.05, 0) is 24.6 Å². The van der Waals surface area contributed by atoms with Gasteiger partial charge in [0, 0.05) is 5.02 Å². The molecule has 0 spiro atoms. The van der Waals surface area contributed by atoms with Crippen molar-refractivity contribution in [2.45, 2.75) is 13.0 Å². The van der Waals surface area contributed by atoms with Crippen molar-refractivity contribution in [2.24, 2.45) is 0 Å². The first kappa shape index (κ1) is 12.5. The van der Waals surface area contributed by atoms with Crippen molar-refractivity contribution in [2.75, 3.05) is 0 Å². The van der Waals surface area contributed by atoms with Crippen LogP contribution in [0.1, 0.15) is 18.5 Å². The maximum atomic E-state index is 12.9. The second kappa shape index (κ2) is 4.73. The average Bonchev–Trinajstić information content (AvgIpc) is 2.77. The second-order valence-electron chi connectivity index (χ2n) is 3.78. The van der Waals surface area contributed by atoms with E-state index in [0.29, 0.717) is 5.56 Å². The number of nitrogens with zero attached hydrogens (tertiary/aromatic N) is 3.